The SMILES string of the molecule is CCc1ccccc1CN1CCC[C@]2(CCC[C@H]2OC)C1. The van der Waals surface area contributed by atoms with Crippen LogP contribution in [0.15, 0.2) is 24.3 Å². The van der Waals surface area contributed by atoms with E-state index in [2.05, 4.69) is 36.1 Å². The third-order valence-corrected chi connectivity index (χ3v) is 5.69. The van der Waals surface area contributed by atoms with Crippen molar-refractivity contribution in [3.63, 3.8) is 0 Å². The van der Waals surface area contributed by atoms with Gasteiger partial charge in [0, 0.05) is 25.6 Å². The van der Waals surface area contributed by atoms with Crippen LogP contribution in [0.5, 0.6) is 0 Å². The Morgan fingerprint density at radius 3 is 2.71 bits per heavy atom. The number of hydrogen-bond donors (Lipinski definition) is 0. The zero-order valence-electron chi connectivity index (χ0n) is 13.6. The summed E-state index contributed by atoms with van der Waals surface area (Å²) in [7, 11) is 1.91. The van der Waals surface area contributed by atoms with Crippen LogP contribution in [-0.2, 0) is 17.7 Å². The zero-order valence-corrected chi connectivity index (χ0v) is 13.6. The molecule has 1 aliphatic carbocycles. The van der Waals surface area contributed by atoms with Crippen LogP contribution in [0.2, 0.25) is 0 Å². The minimum atomic E-state index is 0.439. The summed E-state index contributed by atoms with van der Waals surface area (Å²) in [5.74, 6) is 0. The van der Waals surface area contributed by atoms with Crippen molar-refractivity contribution in [2.45, 2.75) is 58.1 Å². The van der Waals surface area contributed by atoms with Crippen molar-refractivity contribution >= 4 is 0 Å². The van der Waals surface area contributed by atoms with Crippen LogP contribution in [0.25, 0.3) is 0 Å². The van der Waals surface area contributed by atoms with Crippen LogP contribution in [0.1, 0.15) is 50.2 Å². The topological polar surface area (TPSA) is 12.5 Å². The molecule has 21 heavy (non-hydrogen) atoms. The van der Waals surface area contributed by atoms with Crippen molar-refractivity contribution in [3.05, 3.63) is 35.4 Å². The van der Waals surface area contributed by atoms with Crippen molar-refractivity contribution in [1.82, 2.24) is 4.90 Å². The van der Waals surface area contributed by atoms with Gasteiger partial charge >= 0.3 is 0 Å². The summed E-state index contributed by atoms with van der Waals surface area (Å²) in [5, 5.41) is 0. The Labute approximate surface area is 129 Å². The Bertz CT molecular complexity index is 472. The van der Waals surface area contributed by atoms with Crippen LogP contribution < -0.4 is 0 Å². The summed E-state index contributed by atoms with van der Waals surface area (Å²) < 4.78 is 5.82. The number of piperidine rings is 1. The van der Waals surface area contributed by atoms with Crippen molar-refractivity contribution < 1.29 is 4.74 Å². The van der Waals surface area contributed by atoms with E-state index < -0.39 is 0 Å². The minimum Gasteiger partial charge on any atom is -0.381 e. The molecule has 3 rings (SSSR count). The molecule has 2 fully saturated rings. The maximum Gasteiger partial charge on any atom is 0.0639 e. The number of ether oxygens (including phenoxy) is 1. The molecule has 1 saturated carbocycles. The summed E-state index contributed by atoms with van der Waals surface area (Å²) in [6.45, 7) is 5.84. The molecule has 1 spiro atoms. The molecule has 2 heteroatoms. The number of methoxy groups -OCH3 is 1. The van der Waals surface area contributed by atoms with E-state index in [1.807, 2.05) is 7.11 Å². The van der Waals surface area contributed by atoms with E-state index >= 15 is 0 Å². The monoisotopic (exact) mass is 287 g/mol. The number of aryl methyl sites for hydroxylation is 1. The maximum absolute atomic E-state index is 5.82. The summed E-state index contributed by atoms with van der Waals surface area (Å²) in [5.41, 5.74) is 3.46. The van der Waals surface area contributed by atoms with Crippen LogP contribution >= 0.6 is 0 Å². The van der Waals surface area contributed by atoms with E-state index in [-0.39, 0.29) is 0 Å². The lowest BCUT2D eigenvalue weighted by Gasteiger charge is -2.44. The highest BCUT2D eigenvalue weighted by Crippen LogP contribution is 2.46. The number of benzene rings is 1. The first-order chi connectivity index (χ1) is 10.3. The molecule has 2 aliphatic rings. The Morgan fingerprint density at radius 1 is 1.19 bits per heavy atom. The van der Waals surface area contributed by atoms with Gasteiger partial charge < -0.3 is 4.74 Å². The molecule has 1 heterocycles. The highest BCUT2D eigenvalue weighted by molar-refractivity contribution is 5.27. The molecule has 0 radical (unpaired) electrons. The highest BCUT2D eigenvalue weighted by atomic mass is 16.5. The van der Waals surface area contributed by atoms with Gasteiger partial charge in [-0.1, -0.05) is 37.6 Å². The lowest BCUT2D eigenvalue weighted by atomic mass is 9.76. The van der Waals surface area contributed by atoms with Crippen LogP contribution in [0.3, 0.4) is 0 Å². The smallest absolute Gasteiger partial charge is 0.0639 e. The van der Waals surface area contributed by atoms with Gasteiger partial charge in [0.15, 0.2) is 0 Å². The van der Waals surface area contributed by atoms with Gasteiger partial charge in [-0.15, -0.1) is 0 Å². The predicted octanol–water partition coefficient (Wildman–Crippen LogP) is 4.03. The molecule has 0 amide bonds. The third kappa shape index (κ3) is 3.02. The van der Waals surface area contributed by atoms with Gasteiger partial charge in [-0.05, 0) is 49.8 Å². The normalized spacial score (nSPS) is 30.1. The molecule has 0 bridgehead atoms. The molecule has 0 aromatic heterocycles. The number of hydrogen-bond acceptors (Lipinski definition) is 2. The Kier molecular flexibility index (Phi) is 4.66. The standard InChI is InChI=1S/C19H29NO/c1-3-16-8-4-5-9-17(16)14-20-13-7-12-19(15-20)11-6-10-18(19)21-2/h4-5,8-9,18H,3,6-7,10-15H2,1-2H3/t18-,19-/m1/s1. The molecular formula is C19H29NO. The van der Waals surface area contributed by atoms with E-state index in [0.717, 1.165) is 13.0 Å². The Morgan fingerprint density at radius 2 is 1.95 bits per heavy atom. The maximum atomic E-state index is 5.82. The molecule has 2 nitrogen and oxygen atoms in total. The van der Waals surface area contributed by atoms with Gasteiger partial charge in [0.25, 0.3) is 0 Å². The average Bonchev–Trinajstić information content (AvgIpc) is 2.90. The van der Waals surface area contributed by atoms with Crippen LogP contribution in [-0.4, -0.2) is 31.2 Å². The fourth-order valence-electron chi connectivity index (χ4n) is 4.63. The number of nitrogens with zero attached hydrogens (tertiary/aromatic N) is 1. The molecule has 1 aromatic rings. The summed E-state index contributed by atoms with van der Waals surface area (Å²) in [6, 6.07) is 8.94. The molecule has 0 N–H and O–H groups in total. The molecular weight excluding hydrogens is 258 g/mol. The van der Waals surface area contributed by atoms with Crippen molar-refractivity contribution in [2.24, 2.45) is 5.41 Å². The van der Waals surface area contributed by atoms with Gasteiger partial charge in [-0.3, -0.25) is 4.90 Å². The molecule has 1 saturated heterocycles. The number of likely N-dealkylation sites (tertiary alicyclic amines) is 1. The van der Waals surface area contributed by atoms with Gasteiger partial charge in [0.2, 0.25) is 0 Å². The predicted molar refractivity (Wildman–Crippen MR) is 87.4 cm³/mol. The first-order valence-electron chi connectivity index (χ1n) is 8.59. The summed E-state index contributed by atoms with van der Waals surface area (Å²) in [4.78, 5) is 2.68. The summed E-state index contributed by atoms with van der Waals surface area (Å²) in [6.07, 6.45) is 8.27. The summed E-state index contributed by atoms with van der Waals surface area (Å²) >= 11 is 0. The van der Waals surface area contributed by atoms with Crippen molar-refractivity contribution in [3.8, 4) is 0 Å². The fraction of sp³-hybridized carbons (Fsp3) is 0.684. The second-order valence-corrected chi connectivity index (χ2v) is 6.92. The van der Waals surface area contributed by atoms with E-state index in [1.165, 1.54) is 56.3 Å². The first kappa shape index (κ1) is 15.1. The minimum absolute atomic E-state index is 0.439. The van der Waals surface area contributed by atoms with E-state index in [0.29, 0.717) is 11.5 Å². The largest absolute Gasteiger partial charge is 0.381 e. The lowest BCUT2D eigenvalue weighted by Crippen LogP contribution is -2.47. The van der Waals surface area contributed by atoms with Gasteiger partial charge in [-0.25, -0.2) is 0 Å². The second kappa shape index (κ2) is 6.50. The molecule has 2 atom stereocenters. The quantitative estimate of drug-likeness (QED) is 0.829. The van der Waals surface area contributed by atoms with Gasteiger partial charge in [-0.2, -0.15) is 0 Å². The second-order valence-electron chi connectivity index (χ2n) is 6.92. The average molecular weight is 287 g/mol. The van der Waals surface area contributed by atoms with Crippen LogP contribution in [0.4, 0.5) is 0 Å². The zero-order chi connectivity index (χ0) is 14.7. The van der Waals surface area contributed by atoms with Crippen molar-refractivity contribution in [2.75, 3.05) is 20.2 Å². The molecule has 1 aromatic carbocycles. The molecule has 0 unspecified atom stereocenters. The third-order valence-electron chi connectivity index (χ3n) is 5.69. The van der Waals surface area contributed by atoms with E-state index in [9.17, 15) is 0 Å². The Hall–Kier alpha value is -0.860. The number of rotatable bonds is 4. The van der Waals surface area contributed by atoms with Gasteiger partial charge in [0.1, 0.15) is 0 Å². The Balaban J connectivity index is 1.72. The first-order valence-corrected chi connectivity index (χ1v) is 8.59. The molecule has 1 aliphatic heterocycles. The fourth-order valence-corrected chi connectivity index (χ4v) is 4.63. The van der Waals surface area contributed by atoms with Crippen molar-refractivity contribution in [1.29, 1.82) is 0 Å². The van der Waals surface area contributed by atoms with E-state index in [1.54, 1.807) is 0 Å². The van der Waals surface area contributed by atoms with Crippen LogP contribution in [0, 0.1) is 5.41 Å². The van der Waals surface area contributed by atoms with Gasteiger partial charge in [0.05, 0.1) is 6.10 Å². The molecule has 116 valence electrons. The lowest BCUT2D eigenvalue weighted by molar-refractivity contribution is -0.0366. The highest BCUT2D eigenvalue weighted by Gasteiger charge is 2.45. The van der Waals surface area contributed by atoms with E-state index in [4.69, 9.17) is 4.74 Å².